The number of H-pyrrole nitrogens is 1. The molecule has 0 radical (unpaired) electrons. The van der Waals surface area contributed by atoms with E-state index in [0.717, 1.165) is 16.9 Å². The van der Waals surface area contributed by atoms with Crippen LogP contribution in [0.3, 0.4) is 0 Å². The van der Waals surface area contributed by atoms with Gasteiger partial charge in [-0.1, -0.05) is 11.6 Å². The van der Waals surface area contributed by atoms with Gasteiger partial charge in [0, 0.05) is 18.8 Å². The van der Waals surface area contributed by atoms with Crippen molar-refractivity contribution in [2.45, 2.75) is 6.10 Å². The highest BCUT2D eigenvalue weighted by atomic mass is 35.5. The molecule has 0 saturated carbocycles. The molecular formula is C14H14ClN7O. The molecule has 1 atom stereocenters. The standard InChI is InChI=1S/C14H14ClN7O/c15-11-5-12(21-14(16)20-11)22-3-4-23-10(7-22)13-18-8-1-2-17-6-9(8)19-13/h1-2,5-6,10H,3-4,7H2,(H,18,19)(H2,16,20,21). The summed E-state index contributed by atoms with van der Waals surface area (Å²) in [5.41, 5.74) is 7.43. The number of morpholine rings is 1. The van der Waals surface area contributed by atoms with Crippen LogP contribution in [0.15, 0.2) is 24.5 Å². The summed E-state index contributed by atoms with van der Waals surface area (Å²) in [5, 5.41) is 0.324. The van der Waals surface area contributed by atoms with Crippen molar-refractivity contribution in [3.05, 3.63) is 35.5 Å². The smallest absolute Gasteiger partial charge is 0.223 e. The lowest BCUT2D eigenvalue weighted by Crippen LogP contribution is -2.39. The van der Waals surface area contributed by atoms with Crippen molar-refractivity contribution in [1.29, 1.82) is 0 Å². The monoisotopic (exact) mass is 331 g/mol. The highest BCUT2D eigenvalue weighted by Gasteiger charge is 2.26. The first-order valence-electron chi connectivity index (χ1n) is 7.15. The number of halogens is 1. The van der Waals surface area contributed by atoms with Crippen LogP contribution >= 0.6 is 11.6 Å². The number of nitrogens with zero attached hydrogens (tertiary/aromatic N) is 5. The number of rotatable bonds is 2. The first kappa shape index (κ1) is 14.2. The van der Waals surface area contributed by atoms with Gasteiger partial charge in [0.2, 0.25) is 5.95 Å². The zero-order valence-corrected chi connectivity index (χ0v) is 12.9. The predicted octanol–water partition coefficient (Wildman–Crippen LogP) is 1.56. The van der Waals surface area contributed by atoms with E-state index in [1.807, 2.05) is 6.07 Å². The second kappa shape index (κ2) is 5.64. The number of anilines is 2. The molecule has 0 spiro atoms. The van der Waals surface area contributed by atoms with E-state index in [9.17, 15) is 0 Å². The Morgan fingerprint density at radius 2 is 2.26 bits per heavy atom. The van der Waals surface area contributed by atoms with Gasteiger partial charge in [-0.15, -0.1) is 0 Å². The minimum Gasteiger partial charge on any atom is -0.368 e. The molecule has 118 valence electrons. The number of aromatic nitrogens is 5. The number of nitrogens with two attached hydrogens (primary N) is 1. The lowest BCUT2D eigenvalue weighted by molar-refractivity contribution is 0.0345. The van der Waals surface area contributed by atoms with E-state index in [0.29, 0.717) is 30.7 Å². The summed E-state index contributed by atoms with van der Waals surface area (Å²) in [5.74, 6) is 1.62. The number of hydrogen-bond donors (Lipinski definition) is 2. The fourth-order valence-corrected chi connectivity index (χ4v) is 2.82. The van der Waals surface area contributed by atoms with Gasteiger partial charge in [0.15, 0.2) is 0 Å². The molecule has 9 heteroatoms. The molecule has 3 aromatic rings. The van der Waals surface area contributed by atoms with Gasteiger partial charge in [-0.2, -0.15) is 4.98 Å². The topological polar surface area (TPSA) is 106 Å². The number of nitrogen functional groups attached to an aromatic ring is 1. The molecular weight excluding hydrogens is 318 g/mol. The van der Waals surface area contributed by atoms with Crippen LogP contribution in [0.25, 0.3) is 11.0 Å². The van der Waals surface area contributed by atoms with Crippen LogP contribution in [-0.4, -0.2) is 44.6 Å². The highest BCUT2D eigenvalue weighted by molar-refractivity contribution is 6.29. The maximum atomic E-state index is 5.96. The molecule has 4 rings (SSSR count). The molecule has 1 aliphatic rings. The fourth-order valence-electron chi connectivity index (χ4n) is 2.64. The van der Waals surface area contributed by atoms with E-state index < -0.39 is 0 Å². The summed E-state index contributed by atoms with van der Waals surface area (Å²) in [6.07, 6.45) is 3.27. The summed E-state index contributed by atoms with van der Waals surface area (Å²) in [4.78, 5) is 22.1. The molecule has 4 heterocycles. The van der Waals surface area contributed by atoms with Crippen LogP contribution in [0.5, 0.6) is 0 Å². The Bertz CT molecular complexity index is 799. The third-order valence-corrected chi connectivity index (χ3v) is 3.89. The van der Waals surface area contributed by atoms with E-state index in [2.05, 4.69) is 29.8 Å². The van der Waals surface area contributed by atoms with Gasteiger partial charge in [-0.3, -0.25) is 4.98 Å². The summed E-state index contributed by atoms with van der Waals surface area (Å²) in [6.45, 7) is 1.85. The lowest BCUT2D eigenvalue weighted by atomic mass is 10.2. The number of imidazole rings is 1. The second-order valence-corrected chi connectivity index (χ2v) is 5.61. The number of hydrogen-bond acceptors (Lipinski definition) is 7. The van der Waals surface area contributed by atoms with Gasteiger partial charge in [0.25, 0.3) is 0 Å². The molecule has 23 heavy (non-hydrogen) atoms. The Labute approximate surface area is 136 Å². The van der Waals surface area contributed by atoms with Crippen molar-refractivity contribution in [2.24, 2.45) is 0 Å². The number of ether oxygens (including phenoxy) is 1. The van der Waals surface area contributed by atoms with E-state index in [1.54, 1.807) is 18.5 Å². The zero-order valence-electron chi connectivity index (χ0n) is 12.1. The molecule has 1 unspecified atom stereocenters. The van der Waals surface area contributed by atoms with Crippen molar-refractivity contribution < 1.29 is 4.74 Å². The van der Waals surface area contributed by atoms with Gasteiger partial charge in [-0.25, -0.2) is 9.97 Å². The van der Waals surface area contributed by atoms with Gasteiger partial charge in [0.1, 0.15) is 22.9 Å². The van der Waals surface area contributed by atoms with Crippen molar-refractivity contribution in [3.63, 3.8) is 0 Å². The second-order valence-electron chi connectivity index (χ2n) is 5.23. The van der Waals surface area contributed by atoms with Gasteiger partial charge >= 0.3 is 0 Å². The first-order valence-corrected chi connectivity index (χ1v) is 7.53. The first-order chi connectivity index (χ1) is 11.2. The highest BCUT2D eigenvalue weighted by Crippen LogP contribution is 2.26. The number of pyridine rings is 1. The maximum absolute atomic E-state index is 5.96. The molecule has 0 aromatic carbocycles. The number of nitrogens with one attached hydrogen (secondary N) is 1. The van der Waals surface area contributed by atoms with Crippen molar-refractivity contribution >= 4 is 34.4 Å². The summed E-state index contributed by atoms with van der Waals surface area (Å²) < 4.78 is 5.84. The third kappa shape index (κ3) is 2.78. The van der Waals surface area contributed by atoms with Gasteiger partial charge < -0.3 is 20.4 Å². The molecule has 0 amide bonds. The zero-order chi connectivity index (χ0) is 15.8. The van der Waals surface area contributed by atoms with Crippen molar-refractivity contribution in [1.82, 2.24) is 24.9 Å². The van der Waals surface area contributed by atoms with Crippen LogP contribution in [0.2, 0.25) is 5.15 Å². The van der Waals surface area contributed by atoms with E-state index in [-0.39, 0.29) is 12.1 Å². The number of fused-ring (bicyclic) bond motifs is 1. The van der Waals surface area contributed by atoms with Gasteiger partial charge in [-0.05, 0) is 6.07 Å². The van der Waals surface area contributed by atoms with Crippen molar-refractivity contribution in [2.75, 3.05) is 30.3 Å². The summed E-state index contributed by atoms with van der Waals surface area (Å²) in [7, 11) is 0. The third-order valence-electron chi connectivity index (χ3n) is 3.70. The van der Waals surface area contributed by atoms with E-state index in [4.69, 9.17) is 22.1 Å². The summed E-state index contributed by atoms with van der Waals surface area (Å²) >= 11 is 5.96. The Morgan fingerprint density at radius 1 is 1.35 bits per heavy atom. The van der Waals surface area contributed by atoms with Crippen molar-refractivity contribution in [3.8, 4) is 0 Å². The molecule has 1 saturated heterocycles. The van der Waals surface area contributed by atoms with Crippen LogP contribution in [0.1, 0.15) is 11.9 Å². The van der Waals surface area contributed by atoms with Gasteiger partial charge in [0.05, 0.1) is 30.4 Å². The minimum absolute atomic E-state index is 0.158. The van der Waals surface area contributed by atoms with E-state index >= 15 is 0 Å². The van der Waals surface area contributed by atoms with Crippen LogP contribution in [-0.2, 0) is 4.74 Å². The molecule has 8 nitrogen and oxygen atoms in total. The maximum Gasteiger partial charge on any atom is 0.223 e. The Balaban J connectivity index is 1.61. The normalized spacial score (nSPS) is 18.5. The quantitative estimate of drug-likeness (QED) is 0.686. The number of aromatic amines is 1. The van der Waals surface area contributed by atoms with Crippen LogP contribution in [0.4, 0.5) is 11.8 Å². The Hall–Kier alpha value is -2.45. The fraction of sp³-hybridized carbons (Fsp3) is 0.286. The molecule has 3 N–H and O–H groups in total. The van der Waals surface area contributed by atoms with E-state index in [1.165, 1.54) is 0 Å². The van der Waals surface area contributed by atoms with Crippen LogP contribution in [0, 0.1) is 0 Å². The molecule has 0 aliphatic carbocycles. The molecule has 1 fully saturated rings. The molecule has 3 aromatic heterocycles. The average molecular weight is 332 g/mol. The molecule has 1 aliphatic heterocycles. The predicted molar refractivity (Wildman–Crippen MR) is 86.2 cm³/mol. The molecule has 0 bridgehead atoms. The SMILES string of the molecule is Nc1nc(Cl)cc(N2CCOC(c3nc4ccncc4[nH]3)C2)n1. The largest absolute Gasteiger partial charge is 0.368 e. The Morgan fingerprint density at radius 3 is 3.09 bits per heavy atom. The average Bonchev–Trinajstić information content (AvgIpc) is 2.98. The Kier molecular flexibility index (Phi) is 3.47. The minimum atomic E-state index is -0.189. The summed E-state index contributed by atoms with van der Waals surface area (Å²) in [6, 6.07) is 3.56. The lowest BCUT2D eigenvalue weighted by Gasteiger charge is -2.32. The van der Waals surface area contributed by atoms with Crippen LogP contribution < -0.4 is 10.6 Å².